The molecule has 124 valence electrons. The zero-order valence-electron chi connectivity index (χ0n) is 15.1. The van der Waals surface area contributed by atoms with Crippen LogP contribution in [0.4, 0.5) is 11.4 Å². The van der Waals surface area contributed by atoms with Gasteiger partial charge in [0.25, 0.3) is 0 Å². The quantitative estimate of drug-likeness (QED) is 0.620. The molecule has 0 radical (unpaired) electrons. The van der Waals surface area contributed by atoms with Gasteiger partial charge in [-0.3, -0.25) is 0 Å². The molecule has 0 atom stereocenters. The van der Waals surface area contributed by atoms with E-state index in [0.717, 1.165) is 13.1 Å². The van der Waals surface area contributed by atoms with Crippen molar-refractivity contribution >= 4 is 22.1 Å². The van der Waals surface area contributed by atoms with Gasteiger partial charge in [-0.2, -0.15) is 0 Å². The molecule has 0 bridgehead atoms. The summed E-state index contributed by atoms with van der Waals surface area (Å²) in [5.41, 5.74) is 5.15. The van der Waals surface area contributed by atoms with Crippen LogP contribution in [0.15, 0.2) is 60.7 Å². The maximum atomic E-state index is 2.43. The van der Waals surface area contributed by atoms with Gasteiger partial charge in [-0.15, -0.1) is 0 Å². The zero-order chi connectivity index (χ0) is 17.1. The fourth-order valence-electron chi connectivity index (χ4n) is 3.32. The fraction of sp³-hybridized carbons (Fsp3) is 0.273. The maximum Gasteiger partial charge on any atom is 0.0452 e. The van der Waals surface area contributed by atoms with Gasteiger partial charge in [0.2, 0.25) is 0 Å². The summed E-state index contributed by atoms with van der Waals surface area (Å²) in [7, 11) is 4.16. The Morgan fingerprint density at radius 2 is 1.42 bits per heavy atom. The average molecular weight is 318 g/mol. The molecule has 2 heteroatoms. The minimum Gasteiger partial charge on any atom is -0.378 e. The molecule has 0 unspecified atom stereocenters. The van der Waals surface area contributed by atoms with Crippen LogP contribution in [-0.4, -0.2) is 27.2 Å². The number of hydrogen-bond donors (Lipinski definition) is 0. The first kappa shape index (κ1) is 16.4. The Morgan fingerprint density at radius 3 is 2.04 bits per heavy atom. The molecule has 3 aromatic carbocycles. The van der Waals surface area contributed by atoms with E-state index in [4.69, 9.17) is 0 Å². The van der Waals surface area contributed by atoms with Gasteiger partial charge in [0.1, 0.15) is 0 Å². The van der Waals surface area contributed by atoms with Crippen molar-refractivity contribution < 1.29 is 0 Å². The second-order valence-electron chi connectivity index (χ2n) is 6.29. The van der Waals surface area contributed by atoms with Crippen molar-refractivity contribution in [1.82, 2.24) is 0 Å². The average Bonchev–Trinajstić information content (AvgIpc) is 2.62. The summed E-state index contributed by atoms with van der Waals surface area (Å²) in [4.78, 5) is 4.57. The predicted octanol–water partition coefficient (Wildman–Crippen LogP) is 5.42. The lowest BCUT2D eigenvalue weighted by molar-refractivity contribution is 0.868. The van der Waals surface area contributed by atoms with Crippen molar-refractivity contribution in [2.75, 3.05) is 37.0 Å². The van der Waals surface area contributed by atoms with Crippen molar-refractivity contribution in [3.05, 3.63) is 60.7 Å². The van der Waals surface area contributed by atoms with Gasteiger partial charge in [-0.25, -0.2) is 0 Å². The topological polar surface area (TPSA) is 6.48 Å². The Hall–Kier alpha value is -2.48. The first-order valence-corrected chi connectivity index (χ1v) is 8.70. The van der Waals surface area contributed by atoms with Crippen molar-refractivity contribution in [1.29, 1.82) is 0 Å². The van der Waals surface area contributed by atoms with E-state index in [0.29, 0.717) is 0 Å². The molecule has 0 saturated heterocycles. The molecule has 0 spiro atoms. The highest BCUT2D eigenvalue weighted by atomic mass is 15.1. The summed E-state index contributed by atoms with van der Waals surface area (Å²) in [5, 5.41) is 2.61. The molecular formula is C22H26N2. The van der Waals surface area contributed by atoms with Crippen molar-refractivity contribution in [3.8, 4) is 11.1 Å². The predicted molar refractivity (Wildman–Crippen MR) is 107 cm³/mol. The minimum atomic E-state index is 1.01. The monoisotopic (exact) mass is 318 g/mol. The lowest BCUT2D eigenvalue weighted by Crippen LogP contribution is -2.22. The Morgan fingerprint density at radius 1 is 0.750 bits per heavy atom. The Bertz CT molecular complexity index is 815. The molecule has 0 aliphatic heterocycles. The van der Waals surface area contributed by atoms with E-state index in [9.17, 15) is 0 Å². The summed E-state index contributed by atoms with van der Waals surface area (Å²) in [5.74, 6) is 0. The van der Waals surface area contributed by atoms with Crippen LogP contribution in [0.25, 0.3) is 21.9 Å². The summed E-state index contributed by atoms with van der Waals surface area (Å²) in [6.45, 7) is 6.46. The Kier molecular flexibility index (Phi) is 4.75. The molecule has 0 heterocycles. The van der Waals surface area contributed by atoms with Gasteiger partial charge in [0.15, 0.2) is 0 Å². The summed E-state index contributed by atoms with van der Waals surface area (Å²) in [6.07, 6.45) is 0. The van der Waals surface area contributed by atoms with Gasteiger partial charge in [0.05, 0.1) is 0 Å². The molecule has 3 rings (SSSR count). The molecule has 0 aliphatic rings. The third kappa shape index (κ3) is 2.96. The van der Waals surface area contributed by atoms with Crippen LogP contribution in [0.3, 0.4) is 0 Å². The van der Waals surface area contributed by atoms with Gasteiger partial charge >= 0.3 is 0 Å². The van der Waals surface area contributed by atoms with E-state index < -0.39 is 0 Å². The van der Waals surface area contributed by atoms with Crippen LogP contribution in [-0.2, 0) is 0 Å². The van der Waals surface area contributed by atoms with E-state index in [2.05, 4.69) is 98.4 Å². The van der Waals surface area contributed by atoms with E-state index in [1.807, 2.05) is 0 Å². The van der Waals surface area contributed by atoms with Gasteiger partial charge in [-0.05, 0) is 48.4 Å². The van der Waals surface area contributed by atoms with Crippen LogP contribution in [0.5, 0.6) is 0 Å². The number of nitrogens with zero attached hydrogens (tertiary/aromatic N) is 2. The summed E-state index contributed by atoms with van der Waals surface area (Å²) < 4.78 is 0. The first-order chi connectivity index (χ1) is 11.7. The Balaban J connectivity index is 2.24. The Labute approximate surface area is 145 Å². The zero-order valence-corrected chi connectivity index (χ0v) is 15.1. The largest absolute Gasteiger partial charge is 0.378 e. The van der Waals surface area contributed by atoms with Crippen LogP contribution >= 0.6 is 0 Å². The normalized spacial score (nSPS) is 10.8. The fourth-order valence-corrected chi connectivity index (χ4v) is 3.32. The molecule has 3 aromatic rings. The van der Waals surface area contributed by atoms with E-state index >= 15 is 0 Å². The van der Waals surface area contributed by atoms with E-state index in [1.165, 1.54) is 33.3 Å². The summed E-state index contributed by atoms with van der Waals surface area (Å²) >= 11 is 0. The molecule has 0 saturated carbocycles. The second-order valence-corrected chi connectivity index (χ2v) is 6.29. The van der Waals surface area contributed by atoms with Gasteiger partial charge in [-0.1, -0.05) is 42.5 Å². The molecule has 2 nitrogen and oxygen atoms in total. The highest BCUT2D eigenvalue weighted by Crippen LogP contribution is 2.38. The first-order valence-electron chi connectivity index (χ1n) is 8.70. The van der Waals surface area contributed by atoms with E-state index in [-0.39, 0.29) is 0 Å². The second kappa shape index (κ2) is 6.96. The molecule has 24 heavy (non-hydrogen) atoms. The standard InChI is InChI=1S/C22H26N2/c1-5-24(6-2)21-16-13-17-9-7-8-10-20(17)22(21)18-11-14-19(15-12-18)23(3)4/h7-16H,5-6H2,1-4H3. The number of benzene rings is 3. The van der Waals surface area contributed by atoms with Crippen molar-refractivity contribution in [2.24, 2.45) is 0 Å². The van der Waals surface area contributed by atoms with Crippen LogP contribution in [0, 0.1) is 0 Å². The van der Waals surface area contributed by atoms with Crippen LogP contribution < -0.4 is 9.80 Å². The van der Waals surface area contributed by atoms with Crippen LogP contribution in [0.1, 0.15) is 13.8 Å². The third-order valence-corrected chi connectivity index (χ3v) is 4.68. The molecular weight excluding hydrogens is 292 g/mol. The highest BCUT2D eigenvalue weighted by Gasteiger charge is 2.14. The molecule has 0 aliphatic carbocycles. The van der Waals surface area contributed by atoms with Crippen molar-refractivity contribution in [3.63, 3.8) is 0 Å². The molecule has 0 aromatic heterocycles. The van der Waals surface area contributed by atoms with E-state index in [1.54, 1.807) is 0 Å². The van der Waals surface area contributed by atoms with Gasteiger partial charge in [0, 0.05) is 44.1 Å². The van der Waals surface area contributed by atoms with Crippen LogP contribution in [0.2, 0.25) is 0 Å². The van der Waals surface area contributed by atoms with Gasteiger partial charge < -0.3 is 9.80 Å². The molecule has 0 fully saturated rings. The number of fused-ring (bicyclic) bond motifs is 1. The smallest absolute Gasteiger partial charge is 0.0452 e. The lowest BCUT2D eigenvalue weighted by Gasteiger charge is -2.26. The lowest BCUT2D eigenvalue weighted by atomic mass is 9.95. The minimum absolute atomic E-state index is 1.01. The third-order valence-electron chi connectivity index (χ3n) is 4.68. The number of rotatable bonds is 5. The number of hydrogen-bond acceptors (Lipinski definition) is 2. The SMILES string of the molecule is CCN(CC)c1ccc2ccccc2c1-c1ccc(N(C)C)cc1. The maximum absolute atomic E-state index is 2.43. The number of anilines is 2. The molecule has 0 amide bonds. The van der Waals surface area contributed by atoms with Crippen molar-refractivity contribution in [2.45, 2.75) is 13.8 Å². The highest BCUT2D eigenvalue weighted by molar-refractivity contribution is 6.03. The summed E-state index contributed by atoms with van der Waals surface area (Å²) in [6, 6.07) is 22.0. The molecule has 0 N–H and O–H groups in total.